The molecule has 0 amide bonds. The van der Waals surface area contributed by atoms with E-state index in [1.54, 1.807) is 0 Å². The van der Waals surface area contributed by atoms with Crippen molar-refractivity contribution in [3.63, 3.8) is 0 Å². The minimum atomic E-state index is -2.96. The fourth-order valence-corrected chi connectivity index (χ4v) is 3.78. The van der Waals surface area contributed by atoms with E-state index in [0.29, 0.717) is 24.5 Å². The molecule has 1 aromatic rings. The van der Waals surface area contributed by atoms with Crippen molar-refractivity contribution in [1.29, 1.82) is 0 Å². The molecule has 1 aliphatic heterocycles. The molecular weight excluding hydrogens is 256 g/mol. The summed E-state index contributed by atoms with van der Waals surface area (Å²) < 4.78 is 28.4. The van der Waals surface area contributed by atoms with Crippen molar-refractivity contribution in [2.45, 2.75) is 18.1 Å². The maximum absolute atomic E-state index is 11.7. The van der Waals surface area contributed by atoms with Gasteiger partial charge in [-0.05, 0) is 12.8 Å². The van der Waals surface area contributed by atoms with Gasteiger partial charge in [0.2, 0.25) is 5.75 Å². The molecule has 1 atom stereocenters. The Morgan fingerprint density at radius 3 is 2.94 bits per heavy atom. The first-order chi connectivity index (χ1) is 8.54. The Balaban J connectivity index is 2.09. The van der Waals surface area contributed by atoms with Gasteiger partial charge in [-0.2, -0.15) is 0 Å². The van der Waals surface area contributed by atoms with E-state index in [1.165, 1.54) is 13.4 Å². The number of nitrogen functional groups attached to an aromatic ring is 1. The van der Waals surface area contributed by atoms with Crippen molar-refractivity contribution in [1.82, 2.24) is 9.97 Å². The van der Waals surface area contributed by atoms with Gasteiger partial charge < -0.3 is 15.8 Å². The second kappa shape index (κ2) is 4.97. The molecule has 18 heavy (non-hydrogen) atoms. The Labute approximate surface area is 106 Å². The number of ether oxygens (including phenoxy) is 1. The topological polar surface area (TPSA) is 107 Å². The monoisotopic (exact) mass is 272 g/mol. The normalized spacial score (nSPS) is 21.7. The summed E-state index contributed by atoms with van der Waals surface area (Å²) in [7, 11) is -1.50. The zero-order chi connectivity index (χ0) is 13.2. The van der Waals surface area contributed by atoms with Gasteiger partial charge in [-0.1, -0.05) is 0 Å². The van der Waals surface area contributed by atoms with E-state index in [2.05, 4.69) is 15.3 Å². The molecule has 0 spiro atoms. The second-order valence-electron chi connectivity index (χ2n) is 4.15. The van der Waals surface area contributed by atoms with Crippen LogP contribution in [0.25, 0.3) is 0 Å². The Hall–Kier alpha value is -1.57. The van der Waals surface area contributed by atoms with Gasteiger partial charge in [0.1, 0.15) is 6.33 Å². The molecule has 1 unspecified atom stereocenters. The van der Waals surface area contributed by atoms with E-state index < -0.39 is 9.84 Å². The fourth-order valence-electron chi connectivity index (χ4n) is 2.01. The van der Waals surface area contributed by atoms with Crippen molar-refractivity contribution in [2.24, 2.45) is 0 Å². The molecule has 7 nitrogen and oxygen atoms in total. The second-order valence-corrected chi connectivity index (χ2v) is 6.55. The van der Waals surface area contributed by atoms with Gasteiger partial charge >= 0.3 is 0 Å². The predicted octanol–water partition coefficient (Wildman–Crippen LogP) is 0.0565. The largest absolute Gasteiger partial charge is 0.490 e. The van der Waals surface area contributed by atoms with Crippen molar-refractivity contribution < 1.29 is 13.2 Å². The van der Waals surface area contributed by atoms with Crippen LogP contribution in [0.4, 0.5) is 11.6 Å². The Morgan fingerprint density at radius 2 is 2.33 bits per heavy atom. The van der Waals surface area contributed by atoms with Gasteiger partial charge in [0.25, 0.3) is 0 Å². The van der Waals surface area contributed by atoms with Gasteiger partial charge in [-0.3, -0.25) is 0 Å². The van der Waals surface area contributed by atoms with Crippen LogP contribution >= 0.6 is 0 Å². The summed E-state index contributed by atoms with van der Waals surface area (Å²) in [6, 6.07) is 0. The molecule has 1 saturated heterocycles. The average Bonchev–Trinajstić information content (AvgIpc) is 2.66. The number of methoxy groups -OCH3 is 1. The standard InChI is InChI=1S/C10H16N4O3S/c1-17-8-9(11)13-6-14-10(8)12-5-7-3-2-4-18(7,15)16/h6-7H,2-5H2,1H3,(H3,11,12,13,14). The van der Waals surface area contributed by atoms with Crippen LogP contribution in [0.15, 0.2) is 6.33 Å². The minimum absolute atomic E-state index is 0.226. The van der Waals surface area contributed by atoms with E-state index in [4.69, 9.17) is 10.5 Å². The number of nitrogens with zero attached hydrogens (tertiary/aromatic N) is 2. The number of anilines is 2. The number of hydrogen-bond acceptors (Lipinski definition) is 7. The summed E-state index contributed by atoms with van der Waals surface area (Å²) >= 11 is 0. The average molecular weight is 272 g/mol. The third-order valence-electron chi connectivity index (χ3n) is 3.00. The number of sulfone groups is 1. The van der Waals surface area contributed by atoms with E-state index in [-0.39, 0.29) is 16.8 Å². The first kappa shape index (κ1) is 12.9. The first-order valence-electron chi connectivity index (χ1n) is 5.64. The molecule has 0 saturated carbocycles. The Bertz CT molecular complexity index is 532. The molecule has 0 radical (unpaired) electrons. The van der Waals surface area contributed by atoms with Crippen LogP contribution in [0.3, 0.4) is 0 Å². The predicted molar refractivity (Wildman–Crippen MR) is 68.3 cm³/mol. The molecule has 2 rings (SSSR count). The van der Waals surface area contributed by atoms with Gasteiger partial charge in [0.05, 0.1) is 18.1 Å². The van der Waals surface area contributed by atoms with Crippen LogP contribution in [0.5, 0.6) is 5.75 Å². The number of rotatable bonds is 4. The molecule has 100 valence electrons. The minimum Gasteiger partial charge on any atom is -0.490 e. The lowest BCUT2D eigenvalue weighted by Crippen LogP contribution is -2.25. The van der Waals surface area contributed by atoms with Crippen molar-refractivity contribution in [2.75, 3.05) is 30.5 Å². The summed E-state index contributed by atoms with van der Waals surface area (Å²) in [6.45, 7) is 0.315. The third-order valence-corrected chi connectivity index (χ3v) is 5.27. The van der Waals surface area contributed by atoms with Gasteiger partial charge in [0.15, 0.2) is 21.5 Å². The molecule has 0 aromatic carbocycles. The van der Waals surface area contributed by atoms with Gasteiger partial charge in [-0.25, -0.2) is 18.4 Å². The molecule has 1 aliphatic rings. The van der Waals surface area contributed by atoms with E-state index >= 15 is 0 Å². The van der Waals surface area contributed by atoms with Gasteiger partial charge in [0, 0.05) is 6.54 Å². The van der Waals surface area contributed by atoms with Crippen LogP contribution in [0.1, 0.15) is 12.8 Å². The smallest absolute Gasteiger partial charge is 0.203 e. The molecule has 0 aliphatic carbocycles. The van der Waals surface area contributed by atoms with Crippen LogP contribution in [-0.2, 0) is 9.84 Å². The highest BCUT2D eigenvalue weighted by Gasteiger charge is 2.31. The summed E-state index contributed by atoms with van der Waals surface area (Å²) in [5.74, 6) is 1.26. The van der Waals surface area contributed by atoms with Crippen molar-refractivity contribution in [3.8, 4) is 5.75 Å². The molecule has 3 N–H and O–H groups in total. The number of aromatic nitrogens is 2. The lowest BCUT2D eigenvalue weighted by atomic mass is 10.2. The zero-order valence-corrected chi connectivity index (χ0v) is 10.9. The van der Waals surface area contributed by atoms with Crippen LogP contribution in [-0.4, -0.2) is 43.0 Å². The quantitative estimate of drug-likeness (QED) is 0.797. The van der Waals surface area contributed by atoms with Crippen LogP contribution in [0.2, 0.25) is 0 Å². The van der Waals surface area contributed by atoms with Gasteiger partial charge in [-0.15, -0.1) is 0 Å². The third kappa shape index (κ3) is 2.47. The fraction of sp³-hybridized carbons (Fsp3) is 0.600. The summed E-state index contributed by atoms with van der Waals surface area (Å²) in [4.78, 5) is 7.80. The van der Waals surface area contributed by atoms with Crippen molar-refractivity contribution >= 4 is 21.5 Å². The molecule has 1 fully saturated rings. The first-order valence-corrected chi connectivity index (χ1v) is 7.36. The number of nitrogens with one attached hydrogen (secondary N) is 1. The maximum Gasteiger partial charge on any atom is 0.203 e. The van der Waals surface area contributed by atoms with Crippen molar-refractivity contribution in [3.05, 3.63) is 6.33 Å². The Morgan fingerprint density at radius 1 is 1.56 bits per heavy atom. The number of nitrogens with two attached hydrogens (primary N) is 1. The molecule has 8 heteroatoms. The molecule has 1 aromatic heterocycles. The zero-order valence-electron chi connectivity index (χ0n) is 10.1. The molecule has 0 bridgehead atoms. The van der Waals surface area contributed by atoms with E-state index in [1.807, 2.05) is 0 Å². The van der Waals surface area contributed by atoms with E-state index in [9.17, 15) is 8.42 Å². The lowest BCUT2D eigenvalue weighted by molar-refractivity contribution is 0.415. The van der Waals surface area contributed by atoms with Crippen LogP contribution in [0, 0.1) is 0 Å². The summed E-state index contributed by atoms with van der Waals surface area (Å²) in [5.41, 5.74) is 5.63. The summed E-state index contributed by atoms with van der Waals surface area (Å²) in [6.07, 6.45) is 2.71. The summed E-state index contributed by atoms with van der Waals surface area (Å²) in [5, 5.41) is 2.60. The molecule has 2 heterocycles. The van der Waals surface area contributed by atoms with Crippen LogP contribution < -0.4 is 15.8 Å². The number of hydrogen-bond donors (Lipinski definition) is 2. The highest BCUT2D eigenvalue weighted by molar-refractivity contribution is 7.92. The Kier molecular flexibility index (Phi) is 3.55. The molecular formula is C10H16N4O3S. The maximum atomic E-state index is 11.7. The SMILES string of the molecule is COc1c(N)ncnc1NCC1CCCS1(=O)=O. The lowest BCUT2D eigenvalue weighted by Gasteiger charge is -2.14. The highest BCUT2D eigenvalue weighted by Crippen LogP contribution is 2.27. The highest BCUT2D eigenvalue weighted by atomic mass is 32.2. The van der Waals surface area contributed by atoms with E-state index in [0.717, 1.165) is 6.42 Å².